The maximum absolute atomic E-state index is 13.0. The number of hydrogen-bond acceptors (Lipinski definition) is 5. The number of nitrogens with zero attached hydrogens (tertiary/aromatic N) is 1. The standard InChI is InChI=1S/C18H19F3N2O3S/c1-25-7-8-26-16-5-4-14(18(19,20)21)9-15(16)23-17(24)12-27-11-13-3-2-6-22-10-13/h2-6,9-10H,7-8,11-12H2,1H3,(H,23,24). The quantitative estimate of drug-likeness (QED) is 0.645. The zero-order valence-electron chi connectivity index (χ0n) is 14.6. The fourth-order valence-electron chi connectivity index (χ4n) is 2.10. The lowest BCUT2D eigenvalue weighted by atomic mass is 10.1. The van der Waals surface area contributed by atoms with E-state index < -0.39 is 17.6 Å². The van der Waals surface area contributed by atoms with Crippen LogP contribution in [0, 0.1) is 0 Å². The summed E-state index contributed by atoms with van der Waals surface area (Å²) in [6, 6.07) is 6.65. The van der Waals surface area contributed by atoms with Crippen molar-refractivity contribution in [2.75, 3.05) is 31.4 Å². The number of amides is 1. The monoisotopic (exact) mass is 400 g/mol. The number of ether oxygens (including phenoxy) is 2. The molecule has 0 aliphatic carbocycles. The molecule has 5 nitrogen and oxygen atoms in total. The van der Waals surface area contributed by atoms with Crippen LogP contribution in [0.1, 0.15) is 11.1 Å². The van der Waals surface area contributed by atoms with Crippen molar-refractivity contribution in [3.05, 3.63) is 53.9 Å². The topological polar surface area (TPSA) is 60.5 Å². The second kappa shape index (κ2) is 10.2. The molecule has 1 N–H and O–H groups in total. The van der Waals surface area contributed by atoms with E-state index in [1.807, 2.05) is 6.07 Å². The van der Waals surface area contributed by atoms with Crippen LogP contribution in [0.25, 0.3) is 0 Å². The van der Waals surface area contributed by atoms with Crippen molar-refractivity contribution in [2.45, 2.75) is 11.9 Å². The zero-order chi connectivity index (χ0) is 19.7. The molecule has 0 bridgehead atoms. The molecule has 1 heterocycles. The summed E-state index contributed by atoms with van der Waals surface area (Å²) in [5, 5.41) is 2.50. The molecule has 0 aliphatic heterocycles. The molecule has 1 aromatic heterocycles. The van der Waals surface area contributed by atoms with Gasteiger partial charge in [0.05, 0.1) is 23.6 Å². The summed E-state index contributed by atoms with van der Waals surface area (Å²) in [7, 11) is 1.48. The number of alkyl halides is 3. The van der Waals surface area contributed by atoms with Crippen molar-refractivity contribution in [1.82, 2.24) is 4.98 Å². The zero-order valence-corrected chi connectivity index (χ0v) is 15.4. The van der Waals surface area contributed by atoms with Crippen LogP contribution in [0.15, 0.2) is 42.7 Å². The number of methoxy groups -OCH3 is 1. The summed E-state index contributed by atoms with van der Waals surface area (Å²) in [5.41, 5.74) is 0.0748. The number of hydrogen-bond donors (Lipinski definition) is 1. The number of pyridine rings is 1. The molecule has 0 radical (unpaired) electrons. The van der Waals surface area contributed by atoms with Gasteiger partial charge in [-0.25, -0.2) is 0 Å². The van der Waals surface area contributed by atoms with Gasteiger partial charge in [0.15, 0.2) is 0 Å². The van der Waals surface area contributed by atoms with Gasteiger partial charge in [-0.1, -0.05) is 6.07 Å². The normalized spacial score (nSPS) is 11.3. The van der Waals surface area contributed by atoms with Gasteiger partial charge in [0.1, 0.15) is 12.4 Å². The van der Waals surface area contributed by atoms with Gasteiger partial charge < -0.3 is 14.8 Å². The first-order valence-electron chi connectivity index (χ1n) is 7.99. The molecule has 0 saturated heterocycles. The third-order valence-electron chi connectivity index (χ3n) is 3.35. The summed E-state index contributed by atoms with van der Waals surface area (Å²) < 4.78 is 49.1. The van der Waals surface area contributed by atoms with Gasteiger partial charge in [0.2, 0.25) is 5.91 Å². The Labute approximate surface area is 159 Å². The summed E-state index contributed by atoms with van der Waals surface area (Å²) >= 11 is 1.34. The first-order chi connectivity index (χ1) is 12.9. The fraction of sp³-hybridized carbons (Fsp3) is 0.333. The number of benzene rings is 1. The van der Waals surface area contributed by atoms with Gasteiger partial charge in [-0.15, -0.1) is 11.8 Å². The minimum absolute atomic E-state index is 0.0205. The average molecular weight is 400 g/mol. The maximum atomic E-state index is 13.0. The fourth-order valence-corrected chi connectivity index (χ4v) is 2.86. The first-order valence-corrected chi connectivity index (χ1v) is 9.15. The van der Waals surface area contributed by atoms with Crippen LogP contribution >= 0.6 is 11.8 Å². The molecule has 2 rings (SSSR count). The molecule has 0 unspecified atom stereocenters. The predicted octanol–water partition coefficient (Wildman–Crippen LogP) is 4.00. The van der Waals surface area contributed by atoms with Crippen LogP contribution in [0.5, 0.6) is 5.75 Å². The molecule has 1 amide bonds. The van der Waals surface area contributed by atoms with Gasteiger partial charge in [-0.05, 0) is 29.8 Å². The molecule has 2 aromatic rings. The van der Waals surface area contributed by atoms with Gasteiger partial charge in [0.25, 0.3) is 0 Å². The molecule has 0 spiro atoms. The Morgan fingerprint density at radius 3 is 2.74 bits per heavy atom. The van der Waals surface area contributed by atoms with Gasteiger partial charge in [-0.3, -0.25) is 9.78 Å². The SMILES string of the molecule is COCCOc1ccc(C(F)(F)F)cc1NC(=O)CSCc1cccnc1. The van der Waals surface area contributed by atoms with Crippen LogP contribution in [0.3, 0.4) is 0 Å². The smallest absolute Gasteiger partial charge is 0.416 e. The third kappa shape index (κ3) is 7.10. The highest BCUT2D eigenvalue weighted by atomic mass is 32.2. The van der Waals surface area contributed by atoms with Crippen molar-refractivity contribution in [3.63, 3.8) is 0 Å². The number of carbonyl (C=O) groups is 1. The van der Waals surface area contributed by atoms with E-state index in [4.69, 9.17) is 9.47 Å². The predicted molar refractivity (Wildman–Crippen MR) is 97.8 cm³/mol. The highest BCUT2D eigenvalue weighted by molar-refractivity contribution is 7.99. The lowest BCUT2D eigenvalue weighted by molar-refractivity contribution is -0.137. The molecule has 146 valence electrons. The van der Waals surface area contributed by atoms with Crippen LogP contribution < -0.4 is 10.1 Å². The minimum Gasteiger partial charge on any atom is -0.489 e. The molecule has 0 atom stereocenters. The van der Waals surface area contributed by atoms with Crippen molar-refractivity contribution < 1.29 is 27.4 Å². The summed E-state index contributed by atoms with van der Waals surface area (Å²) in [5.74, 6) is 0.398. The van der Waals surface area contributed by atoms with E-state index >= 15 is 0 Å². The molecule has 9 heteroatoms. The van der Waals surface area contributed by atoms with Crippen molar-refractivity contribution >= 4 is 23.4 Å². The van der Waals surface area contributed by atoms with E-state index in [9.17, 15) is 18.0 Å². The van der Waals surface area contributed by atoms with Gasteiger partial charge in [-0.2, -0.15) is 13.2 Å². The highest BCUT2D eigenvalue weighted by Crippen LogP contribution is 2.35. The molecular formula is C18H19F3N2O3S. The molecule has 0 fully saturated rings. The molecule has 1 aromatic carbocycles. The Morgan fingerprint density at radius 1 is 1.26 bits per heavy atom. The Morgan fingerprint density at radius 2 is 2.07 bits per heavy atom. The number of thioether (sulfide) groups is 1. The van der Waals surface area contributed by atoms with Gasteiger partial charge in [0, 0.05) is 25.3 Å². The van der Waals surface area contributed by atoms with Crippen LogP contribution in [0.2, 0.25) is 0 Å². The van der Waals surface area contributed by atoms with Crippen LogP contribution in [0.4, 0.5) is 18.9 Å². The van der Waals surface area contributed by atoms with Crippen LogP contribution in [-0.4, -0.2) is 37.0 Å². The highest BCUT2D eigenvalue weighted by Gasteiger charge is 2.31. The number of nitrogens with one attached hydrogen (secondary N) is 1. The average Bonchev–Trinajstić information content (AvgIpc) is 2.63. The lowest BCUT2D eigenvalue weighted by Crippen LogP contribution is -2.17. The number of aromatic nitrogens is 1. The van der Waals surface area contributed by atoms with Crippen molar-refractivity contribution in [1.29, 1.82) is 0 Å². The van der Waals surface area contributed by atoms with E-state index in [1.54, 1.807) is 18.5 Å². The number of anilines is 1. The second-order valence-corrected chi connectivity index (χ2v) is 6.44. The maximum Gasteiger partial charge on any atom is 0.416 e. The third-order valence-corrected chi connectivity index (χ3v) is 4.35. The number of halogens is 3. The van der Waals surface area contributed by atoms with Crippen molar-refractivity contribution in [3.8, 4) is 5.75 Å². The second-order valence-electron chi connectivity index (χ2n) is 5.45. The molecule has 0 aliphatic rings. The first kappa shape index (κ1) is 21.0. The summed E-state index contributed by atoms with van der Waals surface area (Å²) in [4.78, 5) is 16.1. The van der Waals surface area contributed by atoms with Crippen LogP contribution in [-0.2, 0) is 21.5 Å². The lowest BCUT2D eigenvalue weighted by Gasteiger charge is -2.15. The Balaban J connectivity index is 2.01. The van der Waals surface area contributed by atoms with E-state index in [0.29, 0.717) is 5.75 Å². The largest absolute Gasteiger partial charge is 0.489 e. The van der Waals surface area contributed by atoms with E-state index in [0.717, 1.165) is 17.7 Å². The number of rotatable bonds is 9. The minimum atomic E-state index is -4.51. The van der Waals surface area contributed by atoms with Crippen molar-refractivity contribution in [2.24, 2.45) is 0 Å². The van der Waals surface area contributed by atoms with Gasteiger partial charge >= 0.3 is 6.18 Å². The molecule has 27 heavy (non-hydrogen) atoms. The Kier molecular flexibility index (Phi) is 7.93. The van der Waals surface area contributed by atoms with E-state index in [1.165, 1.54) is 24.9 Å². The van der Waals surface area contributed by atoms with E-state index in [2.05, 4.69) is 10.3 Å². The number of carbonyl (C=O) groups excluding carboxylic acids is 1. The van der Waals surface area contributed by atoms with E-state index in [-0.39, 0.29) is 30.4 Å². The Bertz CT molecular complexity index is 742. The summed E-state index contributed by atoms with van der Waals surface area (Å²) in [6.45, 7) is 0.426. The Hall–Kier alpha value is -2.26. The molecule has 0 saturated carbocycles. The summed E-state index contributed by atoms with van der Waals surface area (Å²) in [6.07, 6.45) is -1.17. The molecular weight excluding hydrogens is 381 g/mol.